The van der Waals surface area contributed by atoms with Crippen LogP contribution in [0.4, 0.5) is 5.69 Å². The largest absolute Gasteiger partial charge is 0.374 e. The highest BCUT2D eigenvalue weighted by atomic mass is 79.9. The summed E-state index contributed by atoms with van der Waals surface area (Å²) in [5.74, 6) is 0.0180. The molecule has 0 bridgehead atoms. The maximum absolute atomic E-state index is 12.1. The van der Waals surface area contributed by atoms with Crippen LogP contribution in [0.3, 0.4) is 0 Å². The summed E-state index contributed by atoms with van der Waals surface area (Å²) < 4.78 is 1.01. The van der Waals surface area contributed by atoms with Crippen LogP contribution in [0.25, 0.3) is 0 Å². The van der Waals surface area contributed by atoms with E-state index in [-0.39, 0.29) is 17.5 Å². The summed E-state index contributed by atoms with van der Waals surface area (Å²) in [6, 6.07) is 5.77. The van der Waals surface area contributed by atoms with Gasteiger partial charge in [-0.15, -0.1) is 0 Å². The van der Waals surface area contributed by atoms with Crippen molar-refractivity contribution in [2.45, 2.75) is 52.6 Å². The summed E-state index contributed by atoms with van der Waals surface area (Å²) >= 11 is 3.46. The van der Waals surface area contributed by atoms with E-state index in [1.54, 1.807) is 0 Å². The summed E-state index contributed by atoms with van der Waals surface area (Å²) in [5.41, 5.74) is 1.93. The van der Waals surface area contributed by atoms with Crippen LogP contribution < -0.4 is 10.6 Å². The van der Waals surface area contributed by atoms with Gasteiger partial charge in [0, 0.05) is 15.7 Å². The number of anilines is 1. The van der Waals surface area contributed by atoms with Gasteiger partial charge in [-0.3, -0.25) is 4.79 Å². The van der Waals surface area contributed by atoms with Crippen molar-refractivity contribution in [2.75, 3.05) is 5.32 Å². The topological polar surface area (TPSA) is 41.1 Å². The third-order valence-corrected chi connectivity index (χ3v) is 3.62. The Hall–Kier alpha value is -1.03. The van der Waals surface area contributed by atoms with E-state index in [1.165, 1.54) is 0 Å². The van der Waals surface area contributed by atoms with E-state index in [2.05, 4.69) is 33.5 Å². The molecule has 1 rings (SSSR count). The van der Waals surface area contributed by atoms with E-state index < -0.39 is 0 Å². The van der Waals surface area contributed by atoms with Crippen molar-refractivity contribution in [2.24, 2.45) is 0 Å². The number of hydrogen-bond donors (Lipinski definition) is 2. The van der Waals surface area contributed by atoms with Gasteiger partial charge < -0.3 is 10.6 Å². The molecule has 2 N–H and O–H groups in total. The van der Waals surface area contributed by atoms with Gasteiger partial charge in [0.05, 0.1) is 0 Å². The van der Waals surface area contributed by atoms with E-state index in [9.17, 15) is 4.79 Å². The van der Waals surface area contributed by atoms with Gasteiger partial charge in [-0.2, -0.15) is 0 Å². The summed E-state index contributed by atoms with van der Waals surface area (Å²) in [7, 11) is 0. The first-order valence-corrected chi connectivity index (χ1v) is 7.38. The Morgan fingerprint density at radius 1 is 1.37 bits per heavy atom. The minimum atomic E-state index is -0.264. The number of aryl methyl sites for hydroxylation is 1. The van der Waals surface area contributed by atoms with Crippen molar-refractivity contribution >= 4 is 27.5 Å². The van der Waals surface area contributed by atoms with Gasteiger partial charge in [-0.25, -0.2) is 0 Å². The number of nitrogens with one attached hydrogen (secondary N) is 2. The highest BCUT2D eigenvalue weighted by molar-refractivity contribution is 9.10. The van der Waals surface area contributed by atoms with E-state index >= 15 is 0 Å². The molecule has 0 aliphatic carbocycles. The fourth-order valence-corrected chi connectivity index (χ4v) is 2.27. The lowest BCUT2D eigenvalue weighted by Gasteiger charge is -2.27. The number of benzene rings is 1. The van der Waals surface area contributed by atoms with Gasteiger partial charge in [0.15, 0.2) is 0 Å². The maximum Gasteiger partial charge on any atom is 0.242 e. The number of rotatable bonds is 5. The van der Waals surface area contributed by atoms with Crippen molar-refractivity contribution in [3.05, 3.63) is 28.2 Å². The highest BCUT2D eigenvalue weighted by Gasteiger charge is 2.21. The molecule has 0 fully saturated rings. The van der Waals surface area contributed by atoms with Gasteiger partial charge >= 0.3 is 0 Å². The number of carbonyl (C=O) groups is 1. The molecule has 0 aliphatic heterocycles. The fourth-order valence-electron chi connectivity index (χ4n) is 1.67. The molecule has 0 aromatic heterocycles. The number of halogens is 1. The first-order chi connectivity index (χ1) is 8.73. The second kappa shape index (κ2) is 6.42. The first-order valence-electron chi connectivity index (χ1n) is 6.59. The van der Waals surface area contributed by atoms with Crippen molar-refractivity contribution in [3.63, 3.8) is 0 Å². The number of amides is 1. The Bertz CT molecular complexity index is 437. The Balaban J connectivity index is 2.68. The second-order valence-electron chi connectivity index (χ2n) is 5.61. The van der Waals surface area contributed by atoms with Crippen molar-refractivity contribution < 1.29 is 4.79 Å². The summed E-state index contributed by atoms with van der Waals surface area (Å²) in [5, 5.41) is 6.27. The molecule has 0 heterocycles. The molecule has 0 aliphatic rings. The molecule has 1 unspecified atom stereocenters. The molecule has 0 saturated heterocycles. The van der Waals surface area contributed by atoms with Gasteiger partial charge in [0.1, 0.15) is 6.04 Å². The zero-order valence-electron chi connectivity index (χ0n) is 12.3. The second-order valence-corrected chi connectivity index (χ2v) is 6.53. The number of hydrogen-bond acceptors (Lipinski definition) is 2. The lowest BCUT2D eigenvalue weighted by molar-refractivity contribution is -0.123. The predicted octanol–water partition coefficient (Wildman–Crippen LogP) is 3.86. The van der Waals surface area contributed by atoms with Gasteiger partial charge in [-0.05, 0) is 57.9 Å². The summed E-state index contributed by atoms with van der Waals surface area (Å²) in [6.45, 7) is 10.0. The van der Waals surface area contributed by atoms with Gasteiger partial charge in [0.25, 0.3) is 0 Å². The molecule has 4 heteroatoms. The van der Waals surface area contributed by atoms with Crippen molar-refractivity contribution in [1.82, 2.24) is 5.32 Å². The average molecular weight is 327 g/mol. The van der Waals surface area contributed by atoms with E-state index in [1.807, 2.05) is 45.9 Å². The molecule has 0 saturated carbocycles. The van der Waals surface area contributed by atoms with E-state index in [4.69, 9.17) is 0 Å². The molecule has 0 radical (unpaired) electrons. The Morgan fingerprint density at radius 3 is 2.53 bits per heavy atom. The summed E-state index contributed by atoms with van der Waals surface area (Å²) in [6.07, 6.45) is 0.904. The molecule has 0 spiro atoms. The van der Waals surface area contributed by atoms with Crippen molar-refractivity contribution in [3.8, 4) is 0 Å². The molecule has 1 atom stereocenters. The smallest absolute Gasteiger partial charge is 0.242 e. The molecular weight excluding hydrogens is 304 g/mol. The molecule has 3 nitrogen and oxygen atoms in total. The van der Waals surface area contributed by atoms with Crippen LogP contribution in [0, 0.1) is 6.92 Å². The summed E-state index contributed by atoms with van der Waals surface area (Å²) in [4.78, 5) is 12.1. The zero-order chi connectivity index (χ0) is 14.6. The third kappa shape index (κ3) is 5.23. The van der Waals surface area contributed by atoms with Crippen LogP contribution in [0.15, 0.2) is 22.7 Å². The minimum absolute atomic E-state index is 0.0180. The Kier molecular flexibility index (Phi) is 5.41. The quantitative estimate of drug-likeness (QED) is 0.862. The van der Waals surface area contributed by atoms with Crippen LogP contribution >= 0.6 is 15.9 Å². The predicted molar refractivity (Wildman–Crippen MR) is 84.5 cm³/mol. The maximum atomic E-state index is 12.1. The van der Waals surface area contributed by atoms with Crippen LogP contribution in [-0.4, -0.2) is 17.5 Å². The van der Waals surface area contributed by atoms with Crippen LogP contribution in [-0.2, 0) is 4.79 Å². The lowest BCUT2D eigenvalue weighted by Crippen LogP contribution is -2.48. The van der Waals surface area contributed by atoms with E-state index in [0.717, 1.165) is 22.1 Å². The van der Waals surface area contributed by atoms with Crippen LogP contribution in [0.1, 0.15) is 39.7 Å². The molecule has 1 amide bonds. The average Bonchev–Trinajstić information content (AvgIpc) is 2.26. The Labute approximate surface area is 124 Å². The zero-order valence-corrected chi connectivity index (χ0v) is 13.9. The number of carbonyl (C=O) groups excluding carboxylic acids is 1. The van der Waals surface area contributed by atoms with Crippen LogP contribution in [0.5, 0.6) is 0 Å². The monoisotopic (exact) mass is 326 g/mol. The van der Waals surface area contributed by atoms with Gasteiger partial charge in [0.2, 0.25) is 5.91 Å². The molecule has 1 aromatic rings. The van der Waals surface area contributed by atoms with Crippen molar-refractivity contribution in [1.29, 1.82) is 0 Å². The molecular formula is C15H23BrN2O. The minimum Gasteiger partial charge on any atom is -0.374 e. The molecule has 19 heavy (non-hydrogen) atoms. The fraction of sp³-hybridized carbons (Fsp3) is 0.533. The van der Waals surface area contributed by atoms with Crippen LogP contribution in [0.2, 0.25) is 0 Å². The van der Waals surface area contributed by atoms with E-state index in [0.29, 0.717) is 0 Å². The normalized spacial score (nSPS) is 12.9. The lowest BCUT2D eigenvalue weighted by atomic mass is 10.0. The standard InChI is InChI=1S/C15H23BrN2O/c1-6-15(4,5)18-14(19)11(3)17-13-8-10(2)7-12(16)9-13/h7-9,11,17H,6H2,1-5H3,(H,18,19). The Morgan fingerprint density at radius 2 is 2.00 bits per heavy atom. The third-order valence-electron chi connectivity index (χ3n) is 3.16. The molecule has 1 aromatic carbocycles. The highest BCUT2D eigenvalue weighted by Crippen LogP contribution is 2.20. The SMILES string of the molecule is CCC(C)(C)NC(=O)C(C)Nc1cc(C)cc(Br)c1. The first kappa shape index (κ1) is 16.0. The molecule has 106 valence electrons. The van der Waals surface area contributed by atoms with Gasteiger partial charge in [-0.1, -0.05) is 22.9 Å².